The summed E-state index contributed by atoms with van der Waals surface area (Å²) < 4.78 is 10.0. The number of benzene rings is 3. The molecule has 126 valence electrons. The van der Waals surface area contributed by atoms with Crippen LogP contribution in [-0.2, 0) is 9.47 Å². The summed E-state index contributed by atoms with van der Waals surface area (Å²) >= 11 is 0. The van der Waals surface area contributed by atoms with Crippen molar-refractivity contribution in [2.45, 2.75) is 0 Å². The maximum Gasteiger partial charge on any atom is 0.339 e. The normalized spacial score (nSPS) is 13.4. The quantitative estimate of drug-likeness (QED) is 0.636. The van der Waals surface area contributed by atoms with Gasteiger partial charge in [0, 0.05) is 0 Å². The van der Waals surface area contributed by atoms with Crippen LogP contribution in [0, 0.1) is 0 Å². The lowest BCUT2D eigenvalue weighted by atomic mass is 9.99. The van der Waals surface area contributed by atoms with Crippen LogP contribution in [0.1, 0.15) is 20.7 Å². The highest BCUT2D eigenvalue weighted by Crippen LogP contribution is 2.25. The molecule has 5 nitrogen and oxygen atoms in total. The van der Waals surface area contributed by atoms with Gasteiger partial charge in [0.1, 0.15) is 19.0 Å². The van der Waals surface area contributed by atoms with E-state index in [2.05, 4.69) is 0 Å². The van der Waals surface area contributed by atoms with Gasteiger partial charge in [0.25, 0.3) is 0 Å². The Hall–Kier alpha value is -3.34. The number of cyclic esters (lactones) is 2. The summed E-state index contributed by atoms with van der Waals surface area (Å²) in [5.74, 6) is -0.631. The largest absolute Gasteiger partial charge is 0.508 e. The third-order valence-electron chi connectivity index (χ3n) is 3.66. The Kier molecular flexibility index (Phi) is 4.95. The van der Waals surface area contributed by atoms with E-state index in [0.717, 1.165) is 5.39 Å². The number of hydrogen-bond acceptors (Lipinski definition) is 5. The molecule has 0 saturated carbocycles. The molecule has 0 fully saturated rings. The molecule has 4 rings (SSSR count). The van der Waals surface area contributed by atoms with E-state index in [-0.39, 0.29) is 24.3 Å². The lowest BCUT2D eigenvalue weighted by Gasteiger charge is -2.15. The van der Waals surface area contributed by atoms with Gasteiger partial charge in [-0.05, 0) is 29.0 Å². The summed E-state index contributed by atoms with van der Waals surface area (Å²) in [6, 6.07) is 19.5. The molecule has 0 radical (unpaired) electrons. The van der Waals surface area contributed by atoms with Crippen molar-refractivity contribution >= 4 is 22.7 Å². The molecule has 0 aromatic heterocycles. The number of rotatable bonds is 0. The number of phenolic OH excluding ortho intramolecular Hbond substituents is 1. The molecule has 0 saturated heterocycles. The van der Waals surface area contributed by atoms with Crippen LogP contribution >= 0.6 is 0 Å². The molecule has 0 bridgehead atoms. The van der Waals surface area contributed by atoms with Crippen LogP contribution in [0.15, 0.2) is 66.7 Å². The van der Waals surface area contributed by atoms with E-state index in [4.69, 9.17) is 14.6 Å². The van der Waals surface area contributed by atoms with E-state index in [9.17, 15) is 9.59 Å². The zero-order chi connectivity index (χ0) is 17.6. The van der Waals surface area contributed by atoms with Crippen molar-refractivity contribution < 1.29 is 24.2 Å². The van der Waals surface area contributed by atoms with Crippen molar-refractivity contribution in [1.82, 2.24) is 0 Å². The van der Waals surface area contributed by atoms with E-state index in [1.165, 1.54) is 0 Å². The summed E-state index contributed by atoms with van der Waals surface area (Å²) in [4.78, 5) is 23.8. The van der Waals surface area contributed by atoms with Crippen LogP contribution in [-0.4, -0.2) is 30.3 Å². The molecular formula is C20H16O5. The number of para-hydroxylation sites is 1. The lowest BCUT2D eigenvalue weighted by molar-refractivity contribution is 0.0227. The van der Waals surface area contributed by atoms with E-state index in [0.29, 0.717) is 11.1 Å². The molecule has 0 atom stereocenters. The highest BCUT2D eigenvalue weighted by molar-refractivity contribution is 6.12. The minimum absolute atomic E-state index is 0.0905. The fourth-order valence-electron chi connectivity index (χ4n) is 2.51. The Bertz CT molecular complexity index is 902. The highest BCUT2D eigenvalue weighted by Gasteiger charge is 2.24. The van der Waals surface area contributed by atoms with E-state index in [1.807, 2.05) is 24.3 Å². The highest BCUT2D eigenvalue weighted by atomic mass is 16.6. The summed E-state index contributed by atoms with van der Waals surface area (Å²) in [5.41, 5.74) is 0.552. The van der Waals surface area contributed by atoms with Gasteiger partial charge in [0.2, 0.25) is 0 Å². The van der Waals surface area contributed by atoms with Crippen LogP contribution in [0.5, 0.6) is 5.75 Å². The van der Waals surface area contributed by atoms with Crippen molar-refractivity contribution in [3.05, 3.63) is 77.9 Å². The second kappa shape index (κ2) is 7.49. The van der Waals surface area contributed by atoms with E-state index < -0.39 is 11.9 Å². The molecule has 1 N–H and O–H groups in total. The van der Waals surface area contributed by atoms with Crippen molar-refractivity contribution in [2.24, 2.45) is 0 Å². The standard InChI is InChI=1S/C14H10O4.C6H6O/c15-13-11-6-5-9-3-1-2-4-10(9)12(11)14(16)18-8-7-17-13;7-6-4-2-1-3-5-6/h1-6H,7-8H2;1-5,7H. The van der Waals surface area contributed by atoms with Gasteiger partial charge in [-0.2, -0.15) is 0 Å². The van der Waals surface area contributed by atoms with Crippen LogP contribution in [0.25, 0.3) is 10.8 Å². The number of phenols is 1. The number of esters is 2. The number of ether oxygens (including phenoxy) is 2. The molecule has 1 aliphatic rings. The predicted octanol–water partition coefficient (Wildman–Crippen LogP) is 3.56. The monoisotopic (exact) mass is 336 g/mol. The van der Waals surface area contributed by atoms with Crippen LogP contribution in [0.4, 0.5) is 0 Å². The molecule has 0 aliphatic carbocycles. The average Bonchev–Trinajstić information content (AvgIpc) is 2.64. The number of hydrogen-bond donors (Lipinski definition) is 1. The molecule has 1 heterocycles. The summed E-state index contributed by atoms with van der Waals surface area (Å²) in [5, 5.41) is 10.2. The lowest BCUT2D eigenvalue weighted by Crippen LogP contribution is -2.21. The first-order valence-electron chi connectivity index (χ1n) is 7.77. The summed E-state index contributed by atoms with van der Waals surface area (Å²) in [7, 11) is 0. The van der Waals surface area contributed by atoms with Crippen LogP contribution in [0.3, 0.4) is 0 Å². The fourth-order valence-corrected chi connectivity index (χ4v) is 2.51. The fraction of sp³-hybridized carbons (Fsp3) is 0.100. The van der Waals surface area contributed by atoms with Gasteiger partial charge in [-0.25, -0.2) is 9.59 Å². The average molecular weight is 336 g/mol. The van der Waals surface area contributed by atoms with Gasteiger partial charge in [0.05, 0.1) is 11.1 Å². The summed E-state index contributed by atoms with van der Waals surface area (Å²) in [6.45, 7) is 0.185. The first kappa shape index (κ1) is 16.5. The first-order valence-corrected chi connectivity index (χ1v) is 7.77. The van der Waals surface area contributed by atoms with Crippen LogP contribution in [0.2, 0.25) is 0 Å². The molecule has 5 heteroatoms. The predicted molar refractivity (Wildman–Crippen MR) is 92.6 cm³/mol. The molecule has 25 heavy (non-hydrogen) atoms. The van der Waals surface area contributed by atoms with Crippen molar-refractivity contribution in [1.29, 1.82) is 0 Å². The topological polar surface area (TPSA) is 72.8 Å². The SMILES string of the molecule is O=C1OCCOC(=O)c2c1ccc1ccccc21.Oc1ccccc1. The molecular weight excluding hydrogens is 320 g/mol. The molecule has 1 aliphatic heterocycles. The summed E-state index contributed by atoms with van der Waals surface area (Å²) in [6.07, 6.45) is 0. The van der Waals surface area contributed by atoms with Crippen LogP contribution < -0.4 is 0 Å². The Morgan fingerprint density at radius 3 is 2.04 bits per heavy atom. The Labute approximate surface area is 144 Å². The van der Waals surface area contributed by atoms with Gasteiger partial charge in [-0.3, -0.25) is 0 Å². The van der Waals surface area contributed by atoms with Crippen molar-refractivity contribution in [3.8, 4) is 5.75 Å². The molecule has 0 amide bonds. The van der Waals surface area contributed by atoms with Crippen molar-refractivity contribution in [3.63, 3.8) is 0 Å². The number of fused-ring (bicyclic) bond motifs is 3. The Morgan fingerprint density at radius 2 is 1.36 bits per heavy atom. The second-order valence-electron chi connectivity index (χ2n) is 5.32. The number of aromatic hydroxyl groups is 1. The van der Waals surface area contributed by atoms with E-state index in [1.54, 1.807) is 42.5 Å². The van der Waals surface area contributed by atoms with Gasteiger partial charge in [-0.15, -0.1) is 0 Å². The Morgan fingerprint density at radius 1 is 0.720 bits per heavy atom. The molecule has 0 unspecified atom stereocenters. The maximum absolute atomic E-state index is 12.0. The Balaban J connectivity index is 0.000000219. The van der Waals surface area contributed by atoms with Gasteiger partial charge >= 0.3 is 11.9 Å². The third-order valence-corrected chi connectivity index (χ3v) is 3.66. The van der Waals surface area contributed by atoms with Crippen molar-refractivity contribution in [2.75, 3.05) is 13.2 Å². The number of carbonyl (C=O) groups is 2. The third kappa shape index (κ3) is 3.77. The minimum Gasteiger partial charge on any atom is -0.508 e. The van der Waals surface area contributed by atoms with E-state index >= 15 is 0 Å². The number of carbonyl (C=O) groups excluding carboxylic acids is 2. The van der Waals surface area contributed by atoms with Gasteiger partial charge in [0.15, 0.2) is 0 Å². The smallest absolute Gasteiger partial charge is 0.339 e. The minimum atomic E-state index is -0.479. The zero-order valence-corrected chi connectivity index (χ0v) is 13.3. The molecule has 3 aromatic rings. The first-order chi connectivity index (χ1) is 12.2. The zero-order valence-electron chi connectivity index (χ0n) is 13.3. The molecule has 0 spiro atoms. The van der Waals surface area contributed by atoms with Gasteiger partial charge < -0.3 is 14.6 Å². The molecule has 3 aromatic carbocycles. The second-order valence-corrected chi connectivity index (χ2v) is 5.32. The van der Waals surface area contributed by atoms with Gasteiger partial charge in [-0.1, -0.05) is 48.5 Å². The maximum atomic E-state index is 12.0.